The minimum Gasteiger partial charge on any atom is -0.497 e. The predicted molar refractivity (Wildman–Crippen MR) is 115 cm³/mol. The molecule has 0 bridgehead atoms. The van der Waals surface area contributed by atoms with Gasteiger partial charge in [-0.1, -0.05) is 17.3 Å². The van der Waals surface area contributed by atoms with Gasteiger partial charge in [0.15, 0.2) is 0 Å². The maximum absolute atomic E-state index is 13.7. The van der Waals surface area contributed by atoms with Crippen LogP contribution >= 0.6 is 0 Å². The summed E-state index contributed by atoms with van der Waals surface area (Å²) in [6.45, 7) is 3.62. The highest BCUT2D eigenvalue weighted by Gasteiger charge is 2.38. The van der Waals surface area contributed by atoms with Gasteiger partial charge in [-0.05, 0) is 49.6 Å². The van der Waals surface area contributed by atoms with Crippen molar-refractivity contribution in [3.05, 3.63) is 70.1 Å². The first-order chi connectivity index (χ1) is 16.1. The summed E-state index contributed by atoms with van der Waals surface area (Å²) >= 11 is 0. The molecule has 0 saturated carbocycles. The number of hydrogen-bond acceptors (Lipinski definition) is 6. The number of alkyl halides is 3. The van der Waals surface area contributed by atoms with Crippen LogP contribution in [0.5, 0.6) is 17.2 Å². The Morgan fingerprint density at radius 2 is 1.88 bits per heavy atom. The lowest BCUT2D eigenvalue weighted by Crippen LogP contribution is -2.41. The summed E-state index contributed by atoms with van der Waals surface area (Å²) in [5.74, 6) is 0.677. The first-order valence-corrected chi connectivity index (χ1v) is 10.5. The van der Waals surface area contributed by atoms with Gasteiger partial charge in [-0.2, -0.15) is 0 Å². The SMILES string of the molecule is COc1cc2c(c(OC)c1)C(c1cccc(OC(F)(F)F)c1)N(C(=O)c1c(C)noc1C)CC2. The van der Waals surface area contributed by atoms with Crippen molar-refractivity contribution in [3.63, 3.8) is 0 Å². The highest BCUT2D eigenvalue weighted by atomic mass is 19.4. The monoisotopic (exact) mass is 476 g/mol. The standard InChI is InChI=1S/C24H23F3N2O5/c1-13-20(14(2)34-28-13)23(30)29-9-8-15-10-18(31-3)12-19(32-4)21(15)22(29)16-6-5-7-17(11-16)33-24(25,26)27/h5-7,10-12,22H,8-9H2,1-4H3. The summed E-state index contributed by atoms with van der Waals surface area (Å²) < 4.78 is 59.0. The molecule has 4 rings (SSSR count). The molecular weight excluding hydrogens is 453 g/mol. The molecule has 0 radical (unpaired) electrons. The number of aromatic nitrogens is 1. The zero-order chi connectivity index (χ0) is 24.6. The number of hydrogen-bond donors (Lipinski definition) is 0. The van der Waals surface area contributed by atoms with Crippen molar-refractivity contribution in [3.8, 4) is 17.2 Å². The van der Waals surface area contributed by atoms with Crippen LogP contribution in [0.1, 0.15) is 44.5 Å². The molecule has 0 saturated heterocycles. The van der Waals surface area contributed by atoms with Crippen LogP contribution in [0.15, 0.2) is 40.9 Å². The van der Waals surface area contributed by atoms with E-state index in [1.807, 2.05) is 6.07 Å². The maximum Gasteiger partial charge on any atom is 0.573 e. The van der Waals surface area contributed by atoms with Crippen LogP contribution in [0, 0.1) is 13.8 Å². The minimum absolute atomic E-state index is 0.307. The number of aryl methyl sites for hydroxylation is 2. The van der Waals surface area contributed by atoms with Crippen LogP contribution < -0.4 is 14.2 Å². The van der Waals surface area contributed by atoms with Gasteiger partial charge < -0.3 is 23.6 Å². The molecule has 10 heteroatoms. The van der Waals surface area contributed by atoms with E-state index in [0.717, 1.165) is 5.56 Å². The number of rotatable bonds is 5. The molecular formula is C24H23F3N2O5. The van der Waals surface area contributed by atoms with Crippen molar-refractivity contribution in [1.82, 2.24) is 10.1 Å². The number of fused-ring (bicyclic) bond motifs is 1. The highest BCUT2D eigenvalue weighted by Crippen LogP contribution is 2.44. The number of ether oxygens (including phenoxy) is 3. The van der Waals surface area contributed by atoms with Crippen molar-refractivity contribution >= 4 is 5.91 Å². The Morgan fingerprint density at radius 3 is 2.50 bits per heavy atom. The van der Waals surface area contributed by atoms with E-state index in [2.05, 4.69) is 9.89 Å². The Kier molecular flexibility index (Phi) is 6.16. The third-order valence-electron chi connectivity index (χ3n) is 5.78. The molecule has 1 aliphatic rings. The number of amides is 1. The minimum atomic E-state index is -4.85. The Hall–Kier alpha value is -3.69. The summed E-state index contributed by atoms with van der Waals surface area (Å²) in [5.41, 5.74) is 2.72. The Morgan fingerprint density at radius 1 is 1.12 bits per heavy atom. The second-order valence-corrected chi connectivity index (χ2v) is 7.87. The molecule has 3 aromatic rings. The molecule has 0 spiro atoms. The Balaban J connectivity index is 1.89. The molecule has 1 aromatic heterocycles. The van der Waals surface area contributed by atoms with E-state index in [4.69, 9.17) is 14.0 Å². The van der Waals surface area contributed by atoms with Crippen LogP contribution in [-0.4, -0.2) is 43.1 Å². The number of methoxy groups -OCH3 is 2. The molecule has 0 aliphatic carbocycles. The number of halogens is 3. The zero-order valence-electron chi connectivity index (χ0n) is 19.0. The molecule has 1 atom stereocenters. The van der Waals surface area contributed by atoms with E-state index in [0.29, 0.717) is 52.6 Å². The summed E-state index contributed by atoms with van der Waals surface area (Å²) in [5, 5.41) is 3.88. The van der Waals surface area contributed by atoms with Gasteiger partial charge in [0.05, 0.1) is 26.0 Å². The van der Waals surface area contributed by atoms with Crippen LogP contribution in [0.4, 0.5) is 13.2 Å². The van der Waals surface area contributed by atoms with E-state index >= 15 is 0 Å². The normalized spacial score (nSPS) is 15.6. The van der Waals surface area contributed by atoms with Crippen molar-refractivity contribution in [2.75, 3.05) is 20.8 Å². The molecule has 180 valence electrons. The van der Waals surface area contributed by atoms with Crippen LogP contribution in [0.2, 0.25) is 0 Å². The highest BCUT2D eigenvalue weighted by molar-refractivity contribution is 5.97. The molecule has 1 aliphatic heterocycles. The molecule has 2 aromatic carbocycles. The average Bonchev–Trinajstić information content (AvgIpc) is 3.13. The van der Waals surface area contributed by atoms with Gasteiger partial charge in [0.1, 0.15) is 28.6 Å². The zero-order valence-corrected chi connectivity index (χ0v) is 19.0. The second kappa shape index (κ2) is 8.92. The van der Waals surface area contributed by atoms with Gasteiger partial charge in [-0.15, -0.1) is 13.2 Å². The van der Waals surface area contributed by atoms with Crippen molar-refractivity contribution in [1.29, 1.82) is 0 Å². The van der Waals surface area contributed by atoms with E-state index in [1.54, 1.807) is 30.9 Å². The molecule has 0 fully saturated rings. The van der Waals surface area contributed by atoms with E-state index in [9.17, 15) is 18.0 Å². The molecule has 7 nitrogen and oxygen atoms in total. The Labute approximate surface area is 194 Å². The van der Waals surface area contributed by atoms with Gasteiger partial charge in [-0.3, -0.25) is 4.79 Å². The van der Waals surface area contributed by atoms with Crippen LogP contribution in [0.25, 0.3) is 0 Å². The molecule has 0 N–H and O–H groups in total. The molecule has 34 heavy (non-hydrogen) atoms. The largest absolute Gasteiger partial charge is 0.573 e. The lowest BCUT2D eigenvalue weighted by molar-refractivity contribution is -0.274. The first-order valence-electron chi connectivity index (χ1n) is 10.5. The van der Waals surface area contributed by atoms with Gasteiger partial charge in [-0.25, -0.2) is 0 Å². The topological polar surface area (TPSA) is 74.0 Å². The van der Waals surface area contributed by atoms with Crippen LogP contribution in [-0.2, 0) is 6.42 Å². The van der Waals surface area contributed by atoms with Crippen molar-refractivity contribution in [2.24, 2.45) is 0 Å². The number of benzene rings is 2. The van der Waals surface area contributed by atoms with Crippen LogP contribution in [0.3, 0.4) is 0 Å². The van der Waals surface area contributed by atoms with E-state index in [-0.39, 0.29) is 11.7 Å². The smallest absolute Gasteiger partial charge is 0.497 e. The number of nitrogens with zero attached hydrogens (tertiary/aromatic N) is 2. The quantitative estimate of drug-likeness (QED) is 0.516. The van der Waals surface area contributed by atoms with Gasteiger partial charge >= 0.3 is 6.36 Å². The third kappa shape index (κ3) is 4.40. The fourth-order valence-corrected chi connectivity index (χ4v) is 4.37. The lowest BCUT2D eigenvalue weighted by Gasteiger charge is -2.38. The van der Waals surface area contributed by atoms with Gasteiger partial charge in [0, 0.05) is 18.2 Å². The fraction of sp³-hybridized carbons (Fsp3) is 0.333. The Bertz CT molecular complexity index is 1190. The van der Waals surface area contributed by atoms with E-state index < -0.39 is 12.4 Å². The third-order valence-corrected chi connectivity index (χ3v) is 5.78. The second-order valence-electron chi connectivity index (χ2n) is 7.87. The van der Waals surface area contributed by atoms with E-state index in [1.165, 1.54) is 32.4 Å². The summed E-state index contributed by atoms with van der Waals surface area (Å²) in [6.07, 6.45) is -4.35. The van der Waals surface area contributed by atoms with Gasteiger partial charge in [0.2, 0.25) is 0 Å². The van der Waals surface area contributed by atoms with Crippen molar-refractivity contribution in [2.45, 2.75) is 32.7 Å². The summed E-state index contributed by atoms with van der Waals surface area (Å²) in [6, 6.07) is 8.39. The fourth-order valence-electron chi connectivity index (χ4n) is 4.37. The lowest BCUT2D eigenvalue weighted by atomic mass is 9.86. The van der Waals surface area contributed by atoms with Crippen molar-refractivity contribution < 1.29 is 36.7 Å². The molecule has 1 unspecified atom stereocenters. The average molecular weight is 476 g/mol. The predicted octanol–water partition coefficient (Wildman–Crippen LogP) is 5.00. The first kappa shape index (κ1) is 23.5. The van der Waals surface area contributed by atoms with Gasteiger partial charge in [0.25, 0.3) is 5.91 Å². The maximum atomic E-state index is 13.7. The summed E-state index contributed by atoms with van der Waals surface area (Å²) in [4.78, 5) is 15.3. The molecule has 2 heterocycles. The number of carbonyl (C=O) groups excluding carboxylic acids is 1. The summed E-state index contributed by atoms with van der Waals surface area (Å²) in [7, 11) is 3.02. The number of carbonyl (C=O) groups is 1. The molecule has 1 amide bonds.